The maximum Gasteiger partial charge on any atom is 0.230 e. The van der Waals surface area contributed by atoms with Crippen molar-refractivity contribution in [2.24, 2.45) is 5.10 Å². The van der Waals surface area contributed by atoms with E-state index in [0.29, 0.717) is 0 Å². The SMILES string of the molecule is CC1(Cc2ccccc2)CC(Cc2ccccc2)=NN1C=O. The molecule has 0 spiro atoms. The highest BCUT2D eigenvalue weighted by Crippen LogP contribution is 2.30. The lowest BCUT2D eigenvalue weighted by Gasteiger charge is -2.30. The maximum atomic E-state index is 11.4. The van der Waals surface area contributed by atoms with Crippen molar-refractivity contribution in [2.45, 2.75) is 31.7 Å². The number of hydrazone groups is 1. The molecule has 0 fully saturated rings. The highest BCUT2D eigenvalue weighted by Gasteiger charge is 2.38. The second kappa shape index (κ2) is 6.14. The molecule has 1 aliphatic heterocycles. The number of benzene rings is 2. The molecule has 1 atom stereocenters. The van der Waals surface area contributed by atoms with Gasteiger partial charge in [-0.3, -0.25) is 4.79 Å². The highest BCUT2D eigenvalue weighted by atomic mass is 16.1. The first kappa shape index (κ1) is 14.5. The third-order valence-electron chi connectivity index (χ3n) is 4.17. The average molecular weight is 292 g/mol. The van der Waals surface area contributed by atoms with Gasteiger partial charge in [-0.1, -0.05) is 60.7 Å². The van der Waals surface area contributed by atoms with Gasteiger partial charge in [-0.25, -0.2) is 5.01 Å². The van der Waals surface area contributed by atoms with Gasteiger partial charge in [0.15, 0.2) is 0 Å². The Hall–Kier alpha value is -2.42. The summed E-state index contributed by atoms with van der Waals surface area (Å²) in [5.41, 5.74) is 3.26. The number of carbonyl (C=O) groups is 1. The van der Waals surface area contributed by atoms with Crippen LogP contribution in [0.4, 0.5) is 0 Å². The number of hydrogen-bond acceptors (Lipinski definition) is 2. The van der Waals surface area contributed by atoms with Gasteiger partial charge >= 0.3 is 0 Å². The van der Waals surface area contributed by atoms with Crippen molar-refractivity contribution < 1.29 is 4.79 Å². The molecule has 3 rings (SSSR count). The quantitative estimate of drug-likeness (QED) is 0.777. The summed E-state index contributed by atoms with van der Waals surface area (Å²) in [6.45, 7) is 2.11. The maximum absolute atomic E-state index is 11.4. The summed E-state index contributed by atoms with van der Waals surface area (Å²) < 4.78 is 0. The van der Waals surface area contributed by atoms with Gasteiger partial charge in [0.05, 0.1) is 5.54 Å². The van der Waals surface area contributed by atoms with Crippen LogP contribution in [0.5, 0.6) is 0 Å². The van der Waals surface area contributed by atoms with E-state index in [9.17, 15) is 4.79 Å². The van der Waals surface area contributed by atoms with E-state index in [-0.39, 0.29) is 5.54 Å². The number of amides is 1. The minimum absolute atomic E-state index is 0.271. The van der Waals surface area contributed by atoms with E-state index < -0.39 is 0 Å². The largest absolute Gasteiger partial charge is 0.277 e. The Balaban J connectivity index is 1.76. The predicted molar refractivity (Wildman–Crippen MR) is 88.7 cm³/mol. The molecular formula is C19H20N2O. The second-order valence-corrected chi connectivity index (χ2v) is 6.11. The number of carbonyl (C=O) groups excluding carboxylic acids is 1. The first-order chi connectivity index (χ1) is 10.7. The number of hydrogen-bond donors (Lipinski definition) is 0. The van der Waals surface area contributed by atoms with Gasteiger partial charge in [0.1, 0.15) is 0 Å². The molecule has 1 aliphatic rings. The summed E-state index contributed by atoms with van der Waals surface area (Å²) >= 11 is 0. The predicted octanol–water partition coefficient (Wildman–Crippen LogP) is 3.45. The Labute approximate surface area is 131 Å². The van der Waals surface area contributed by atoms with Crippen LogP contribution in [-0.4, -0.2) is 22.7 Å². The van der Waals surface area contributed by atoms with Gasteiger partial charge in [0, 0.05) is 18.6 Å². The average Bonchev–Trinajstić information content (AvgIpc) is 2.84. The standard InChI is InChI=1S/C19H20N2O/c1-19(13-17-10-6-3-7-11-17)14-18(20-21(19)15-22)12-16-8-4-2-5-9-16/h2-11,15H,12-14H2,1H3. The van der Waals surface area contributed by atoms with Crippen LogP contribution in [0.1, 0.15) is 24.5 Å². The zero-order valence-electron chi connectivity index (χ0n) is 12.8. The van der Waals surface area contributed by atoms with Crippen LogP contribution in [0.25, 0.3) is 0 Å². The molecular weight excluding hydrogens is 272 g/mol. The Morgan fingerprint density at radius 1 is 1.05 bits per heavy atom. The lowest BCUT2D eigenvalue weighted by molar-refractivity contribution is -0.122. The Morgan fingerprint density at radius 2 is 1.64 bits per heavy atom. The number of rotatable bonds is 5. The topological polar surface area (TPSA) is 32.7 Å². The Bertz CT molecular complexity index is 666. The molecule has 2 aromatic carbocycles. The van der Waals surface area contributed by atoms with E-state index in [1.54, 1.807) is 5.01 Å². The molecule has 2 aromatic rings. The minimum atomic E-state index is -0.271. The van der Waals surface area contributed by atoms with Crippen LogP contribution < -0.4 is 0 Å². The molecule has 1 amide bonds. The van der Waals surface area contributed by atoms with Crippen LogP contribution in [0.3, 0.4) is 0 Å². The summed E-state index contributed by atoms with van der Waals surface area (Å²) in [5.74, 6) is 0. The highest BCUT2D eigenvalue weighted by molar-refractivity contribution is 5.90. The molecule has 0 aliphatic carbocycles. The summed E-state index contributed by atoms with van der Waals surface area (Å²) in [7, 11) is 0. The molecule has 0 bridgehead atoms. The fourth-order valence-corrected chi connectivity index (χ4v) is 3.09. The fraction of sp³-hybridized carbons (Fsp3) is 0.263. The van der Waals surface area contributed by atoms with Gasteiger partial charge in [-0.2, -0.15) is 5.10 Å². The Kier molecular flexibility index (Phi) is 4.05. The van der Waals surface area contributed by atoms with Gasteiger partial charge in [-0.05, 0) is 24.5 Å². The summed E-state index contributed by atoms with van der Waals surface area (Å²) in [4.78, 5) is 11.4. The molecule has 22 heavy (non-hydrogen) atoms. The summed E-state index contributed by atoms with van der Waals surface area (Å²) in [6.07, 6.45) is 3.28. The molecule has 3 nitrogen and oxygen atoms in total. The molecule has 1 unspecified atom stereocenters. The van der Waals surface area contributed by atoms with Gasteiger partial charge < -0.3 is 0 Å². The van der Waals surface area contributed by atoms with Crippen molar-refractivity contribution in [1.29, 1.82) is 0 Å². The minimum Gasteiger partial charge on any atom is -0.277 e. The van der Waals surface area contributed by atoms with Crippen molar-refractivity contribution in [1.82, 2.24) is 5.01 Å². The van der Waals surface area contributed by atoms with E-state index in [1.165, 1.54) is 11.1 Å². The second-order valence-electron chi connectivity index (χ2n) is 6.11. The molecule has 0 radical (unpaired) electrons. The van der Waals surface area contributed by atoms with E-state index in [0.717, 1.165) is 31.4 Å². The van der Waals surface area contributed by atoms with Crippen LogP contribution in [-0.2, 0) is 17.6 Å². The lowest BCUT2D eigenvalue weighted by Crippen LogP contribution is -2.41. The van der Waals surface area contributed by atoms with Crippen molar-refractivity contribution in [2.75, 3.05) is 0 Å². The van der Waals surface area contributed by atoms with Gasteiger partial charge in [-0.15, -0.1) is 0 Å². The van der Waals surface area contributed by atoms with E-state index >= 15 is 0 Å². The fourth-order valence-electron chi connectivity index (χ4n) is 3.09. The van der Waals surface area contributed by atoms with Gasteiger partial charge in [0.2, 0.25) is 6.41 Å². The third-order valence-corrected chi connectivity index (χ3v) is 4.17. The van der Waals surface area contributed by atoms with Crippen molar-refractivity contribution in [3.8, 4) is 0 Å². The smallest absolute Gasteiger partial charge is 0.230 e. The van der Waals surface area contributed by atoms with E-state index in [1.807, 2.05) is 36.4 Å². The van der Waals surface area contributed by atoms with Crippen LogP contribution in [0.15, 0.2) is 65.8 Å². The van der Waals surface area contributed by atoms with Crippen LogP contribution >= 0.6 is 0 Å². The molecule has 1 heterocycles. The van der Waals surface area contributed by atoms with Crippen molar-refractivity contribution in [3.05, 3.63) is 71.8 Å². The van der Waals surface area contributed by atoms with Crippen molar-refractivity contribution >= 4 is 12.1 Å². The molecule has 0 aromatic heterocycles. The third kappa shape index (κ3) is 3.08. The molecule has 0 saturated heterocycles. The summed E-state index contributed by atoms with van der Waals surface area (Å²) in [6, 6.07) is 20.5. The summed E-state index contributed by atoms with van der Waals surface area (Å²) in [5, 5.41) is 6.13. The van der Waals surface area contributed by atoms with Crippen LogP contribution in [0, 0.1) is 0 Å². The molecule has 0 saturated carbocycles. The Morgan fingerprint density at radius 3 is 2.23 bits per heavy atom. The lowest BCUT2D eigenvalue weighted by atomic mass is 9.87. The molecule has 112 valence electrons. The molecule has 0 N–H and O–H groups in total. The number of nitrogens with zero attached hydrogens (tertiary/aromatic N) is 2. The zero-order valence-corrected chi connectivity index (χ0v) is 12.8. The van der Waals surface area contributed by atoms with E-state index in [4.69, 9.17) is 0 Å². The zero-order chi connectivity index (χ0) is 15.4. The van der Waals surface area contributed by atoms with Crippen molar-refractivity contribution in [3.63, 3.8) is 0 Å². The van der Waals surface area contributed by atoms with E-state index in [2.05, 4.69) is 36.3 Å². The monoisotopic (exact) mass is 292 g/mol. The van der Waals surface area contributed by atoms with Crippen LogP contribution in [0.2, 0.25) is 0 Å². The first-order valence-corrected chi connectivity index (χ1v) is 7.58. The molecule has 3 heteroatoms. The van der Waals surface area contributed by atoms with Gasteiger partial charge in [0.25, 0.3) is 0 Å². The normalized spacial score (nSPS) is 20.8. The first-order valence-electron chi connectivity index (χ1n) is 7.58.